The van der Waals surface area contributed by atoms with Crippen LogP contribution in [0, 0.1) is 0 Å². The van der Waals surface area contributed by atoms with Crippen LogP contribution in [0.1, 0.15) is 78.2 Å². The second-order valence-electron chi connectivity index (χ2n) is 8.18. The van der Waals surface area contributed by atoms with E-state index in [1.165, 1.54) is 44.1 Å². The number of hydrogen-bond acceptors (Lipinski definition) is 1. The molecule has 2 rings (SSSR count). The molecule has 0 bridgehead atoms. The molecule has 1 unspecified atom stereocenters. The molecule has 29 heavy (non-hydrogen) atoms. The van der Waals surface area contributed by atoms with Crippen molar-refractivity contribution in [1.29, 1.82) is 0 Å². The smallest absolute Gasteiger partial charge is 0.269 e. The SMILES string of the molecule is CCCCCCCCC(Oc1ccccc1)(c1ccccc1)[N+](CC)(CC)CC. The Morgan fingerprint density at radius 3 is 1.72 bits per heavy atom. The van der Waals surface area contributed by atoms with Crippen molar-refractivity contribution in [3.8, 4) is 5.75 Å². The monoisotopic (exact) mass is 396 g/mol. The maximum Gasteiger partial charge on any atom is 0.269 e. The highest BCUT2D eigenvalue weighted by molar-refractivity contribution is 5.26. The van der Waals surface area contributed by atoms with E-state index in [-0.39, 0.29) is 5.72 Å². The van der Waals surface area contributed by atoms with Gasteiger partial charge in [0.1, 0.15) is 5.75 Å². The van der Waals surface area contributed by atoms with E-state index in [2.05, 4.69) is 88.4 Å². The number of unbranched alkanes of at least 4 members (excludes halogenated alkanes) is 5. The number of nitrogens with zero attached hydrogens (tertiary/aromatic N) is 1. The van der Waals surface area contributed by atoms with Gasteiger partial charge in [0.15, 0.2) is 0 Å². The van der Waals surface area contributed by atoms with Crippen LogP contribution in [-0.2, 0) is 5.72 Å². The van der Waals surface area contributed by atoms with E-state index in [1.54, 1.807) is 0 Å². The van der Waals surface area contributed by atoms with Crippen LogP contribution in [0.5, 0.6) is 5.75 Å². The first-order valence-electron chi connectivity index (χ1n) is 11.8. The number of para-hydroxylation sites is 1. The van der Waals surface area contributed by atoms with Crippen LogP contribution in [0.3, 0.4) is 0 Å². The number of benzene rings is 2. The number of hydrogen-bond donors (Lipinski definition) is 0. The molecule has 0 aromatic heterocycles. The first-order chi connectivity index (χ1) is 14.2. The zero-order valence-electron chi connectivity index (χ0n) is 19.2. The summed E-state index contributed by atoms with van der Waals surface area (Å²) in [6.45, 7) is 12.4. The van der Waals surface area contributed by atoms with Crippen LogP contribution in [0.4, 0.5) is 0 Å². The lowest BCUT2D eigenvalue weighted by Gasteiger charge is -2.51. The molecule has 0 radical (unpaired) electrons. The summed E-state index contributed by atoms with van der Waals surface area (Å²) in [5.41, 5.74) is 0.953. The highest BCUT2D eigenvalue weighted by Gasteiger charge is 2.51. The van der Waals surface area contributed by atoms with Gasteiger partial charge < -0.3 is 4.74 Å². The van der Waals surface area contributed by atoms with Crippen LogP contribution in [0.2, 0.25) is 0 Å². The van der Waals surface area contributed by atoms with Gasteiger partial charge in [-0.05, 0) is 51.5 Å². The lowest BCUT2D eigenvalue weighted by Crippen LogP contribution is -2.65. The molecule has 0 saturated carbocycles. The summed E-state index contributed by atoms with van der Waals surface area (Å²) in [6.07, 6.45) is 8.86. The van der Waals surface area contributed by atoms with E-state index >= 15 is 0 Å². The van der Waals surface area contributed by atoms with Crippen LogP contribution >= 0.6 is 0 Å². The first kappa shape index (κ1) is 23.5. The molecule has 2 aromatic rings. The van der Waals surface area contributed by atoms with Crippen molar-refractivity contribution in [1.82, 2.24) is 0 Å². The molecule has 0 spiro atoms. The summed E-state index contributed by atoms with van der Waals surface area (Å²) in [5, 5.41) is 0. The third kappa shape index (κ3) is 5.63. The van der Waals surface area contributed by atoms with Gasteiger partial charge in [0.25, 0.3) is 5.72 Å². The van der Waals surface area contributed by atoms with Crippen LogP contribution < -0.4 is 4.74 Å². The van der Waals surface area contributed by atoms with Crippen molar-refractivity contribution in [3.63, 3.8) is 0 Å². The van der Waals surface area contributed by atoms with E-state index in [4.69, 9.17) is 4.74 Å². The zero-order chi connectivity index (χ0) is 21.0. The molecule has 160 valence electrons. The minimum absolute atomic E-state index is 0.356. The molecule has 2 aromatic carbocycles. The molecular weight excluding hydrogens is 354 g/mol. The fourth-order valence-corrected chi connectivity index (χ4v) is 4.83. The van der Waals surface area contributed by atoms with Crippen molar-refractivity contribution in [3.05, 3.63) is 66.2 Å². The third-order valence-corrected chi connectivity index (χ3v) is 6.71. The van der Waals surface area contributed by atoms with Gasteiger partial charge >= 0.3 is 0 Å². The molecule has 2 nitrogen and oxygen atoms in total. The average molecular weight is 397 g/mol. The van der Waals surface area contributed by atoms with Crippen molar-refractivity contribution in [2.24, 2.45) is 0 Å². The Kier molecular flexibility index (Phi) is 9.73. The van der Waals surface area contributed by atoms with Gasteiger partial charge in [0, 0.05) is 6.42 Å². The van der Waals surface area contributed by atoms with Crippen molar-refractivity contribution < 1.29 is 9.22 Å². The molecule has 0 aliphatic heterocycles. The molecule has 1 atom stereocenters. The lowest BCUT2D eigenvalue weighted by molar-refractivity contribution is -1.00. The zero-order valence-corrected chi connectivity index (χ0v) is 19.2. The van der Waals surface area contributed by atoms with Crippen molar-refractivity contribution in [2.75, 3.05) is 19.6 Å². The van der Waals surface area contributed by atoms with Crippen LogP contribution in [0.25, 0.3) is 0 Å². The van der Waals surface area contributed by atoms with Gasteiger partial charge in [0.2, 0.25) is 0 Å². The molecule has 0 aliphatic carbocycles. The maximum atomic E-state index is 7.03. The summed E-state index contributed by atoms with van der Waals surface area (Å²) in [5.74, 6) is 0.972. The van der Waals surface area contributed by atoms with Gasteiger partial charge in [-0.25, -0.2) is 0 Å². The molecule has 0 aliphatic rings. The van der Waals surface area contributed by atoms with Gasteiger partial charge in [-0.1, -0.05) is 75.4 Å². The average Bonchev–Trinajstić information content (AvgIpc) is 2.78. The van der Waals surface area contributed by atoms with E-state index in [0.717, 1.165) is 36.3 Å². The third-order valence-electron chi connectivity index (χ3n) is 6.71. The second-order valence-corrected chi connectivity index (χ2v) is 8.18. The Morgan fingerprint density at radius 2 is 1.17 bits per heavy atom. The fraction of sp³-hybridized carbons (Fsp3) is 0.556. The first-order valence-corrected chi connectivity index (χ1v) is 11.8. The topological polar surface area (TPSA) is 9.23 Å². The number of rotatable bonds is 14. The Bertz CT molecular complexity index is 657. The van der Waals surface area contributed by atoms with Gasteiger partial charge in [-0.2, -0.15) is 0 Å². The normalized spacial score (nSPS) is 13.8. The quantitative estimate of drug-likeness (QED) is 0.182. The van der Waals surface area contributed by atoms with Crippen LogP contribution in [0.15, 0.2) is 60.7 Å². The van der Waals surface area contributed by atoms with E-state index in [0.29, 0.717) is 0 Å². The van der Waals surface area contributed by atoms with Gasteiger partial charge in [0.05, 0.1) is 25.2 Å². The number of quaternary nitrogens is 1. The Morgan fingerprint density at radius 1 is 0.655 bits per heavy atom. The summed E-state index contributed by atoms with van der Waals surface area (Å²) in [4.78, 5) is 0. The number of ether oxygens (including phenoxy) is 1. The largest absolute Gasteiger partial charge is 0.436 e. The van der Waals surface area contributed by atoms with Crippen molar-refractivity contribution >= 4 is 0 Å². The Hall–Kier alpha value is -1.80. The highest BCUT2D eigenvalue weighted by Crippen LogP contribution is 2.42. The molecule has 2 heteroatoms. The standard InChI is InChI=1S/C27H42NO/c1-5-9-10-11-12-19-24-27(25-20-15-13-16-21-25,28(6-2,7-3)8-4)29-26-22-17-14-18-23-26/h13-18,20-23H,5-12,19,24H2,1-4H3/q+1. The fourth-order valence-electron chi connectivity index (χ4n) is 4.83. The van der Waals surface area contributed by atoms with Crippen LogP contribution in [-0.4, -0.2) is 24.1 Å². The minimum Gasteiger partial charge on any atom is -0.436 e. The summed E-state index contributed by atoms with van der Waals surface area (Å²) in [7, 11) is 0. The van der Waals surface area contributed by atoms with Gasteiger partial charge in [-0.3, -0.25) is 4.48 Å². The molecule has 0 saturated heterocycles. The highest BCUT2D eigenvalue weighted by atomic mass is 16.5. The Balaban J connectivity index is 2.43. The second kappa shape index (κ2) is 12.0. The Labute approximate surface area is 179 Å². The molecular formula is C27H42NO+. The van der Waals surface area contributed by atoms with Gasteiger partial charge in [-0.15, -0.1) is 0 Å². The lowest BCUT2D eigenvalue weighted by atomic mass is 9.90. The van der Waals surface area contributed by atoms with E-state index in [1.807, 2.05) is 0 Å². The molecule has 0 N–H and O–H groups in total. The molecule has 0 fully saturated rings. The molecule has 0 amide bonds. The van der Waals surface area contributed by atoms with Crippen molar-refractivity contribution in [2.45, 2.75) is 78.4 Å². The van der Waals surface area contributed by atoms with E-state index in [9.17, 15) is 0 Å². The predicted octanol–water partition coefficient (Wildman–Crippen LogP) is 7.55. The molecule has 0 heterocycles. The summed E-state index contributed by atoms with van der Waals surface area (Å²) < 4.78 is 7.97. The minimum atomic E-state index is -0.356. The predicted molar refractivity (Wildman–Crippen MR) is 125 cm³/mol. The summed E-state index contributed by atoms with van der Waals surface area (Å²) in [6, 6.07) is 21.4. The van der Waals surface area contributed by atoms with E-state index < -0.39 is 0 Å². The summed E-state index contributed by atoms with van der Waals surface area (Å²) >= 11 is 0. The maximum absolute atomic E-state index is 7.03.